The third-order valence-corrected chi connectivity index (χ3v) is 5.15. The fourth-order valence-electron chi connectivity index (χ4n) is 1.61. The maximum Gasteiger partial charge on any atom is 0.518 e. The standard InChI is InChI=1S/C12H19F3N2O4SSi/c1-11(2,10(18)21-23(3,4)5)9-6-7-17(16-8-9)22(19,20)12(13,14)15/h6-9H,1-5H3. The van der Waals surface area contributed by atoms with Crippen LogP contribution in [0.4, 0.5) is 13.2 Å². The smallest absolute Gasteiger partial charge is 0.518 e. The normalized spacial score (nSPS) is 19.8. The van der Waals surface area contributed by atoms with Gasteiger partial charge in [0, 0.05) is 18.3 Å². The average Bonchev–Trinajstić information content (AvgIpc) is 2.35. The maximum atomic E-state index is 12.5. The van der Waals surface area contributed by atoms with E-state index in [2.05, 4.69) is 5.10 Å². The highest BCUT2D eigenvalue weighted by atomic mass is 32.2. The van der Waals surface area contributed by atoms with Gasteiger partial charge in [-0.3, -0.25) is 4.79 Å². The number of alkyl halides is 3. The maximum absolute atomic E-state index is 12.5. The molecule has 1 rings (SSSR count). The van der Waals surface area contributed by atoms with Crippen molar-refractivity contribution in [3.63, 3.8) is 0 Å². The van der Waals surface area contributed by atoms with Crippen LogP contribution in [-0.2, 0) is 19.2 Å². The van der Waals surface area contributed by atoms with Crippen molar-refractivity contribution in [2.75, 3.05) is 0 Å². The molecule has 0 aliphatic carbocycles. The minimum atomic E-state index is -5.58. The topological polar surface area (TPSA) is 76.0 Å². The van der Waals surface area contributed by atoms with Crippen molar-refractivity contribution in [2.24, 2.45) is 16.4 Å². The monoisotopic (exact) mass is 372 g/mol. The molecule has 0 N–H and O–H groups in total. The van der Waals surface area contributed by atoms with E-state index in [-0.39, 0.29) is 4.41 Å². The highest BCUT2D eigenvalue weighted by Gasteiger charge is 2.50. The van der Waals surface area contributed by atoms with Gasteiger partial charge in [0.15, 0.2) is 0 Å². The molecule has 0 saturated heterocycles. The number of hydrazone groups is 1. The van der Waals surface area contributed by atoms with E-state index < -0.39 is 41.2 Å². The Bertz CT molecular complexity index is 622. The number of carbonyl (C=O) groups excluding carboxylic acids is 1. The Morgan fingerprint density at radius 3 is 2.13 bits per heavy atom. The number of nitrogens with zero attached hydrogens (tertiary/aromatic N) is 2. The number of halogens is 3. The van der Waals surface area contributed by atoms with Crippen LogP contribution in [0.1, 0.15) is 13.8 Å². The Hall–Kier alpha value is -1.36. The number of allylic oxidation sites excluding steroid dienone is 1. The van der Waals surface area contributed by atoms with E-state index in [1.165, 1.54) is 6.08 Å². The molecule has 0 aromatic carbocycles. The molecular weight excluding hydrogens is 353 g/mol. The SMILES string of the molecule is CC(C)(C(=O)O[Si](C)(C)C)C1C=CN(S(=O)(=O)C(F)(F)F)N=C1. The predicted molar refractivity (Wildman–Crippen MR) is 81.2 cm³/mol. The van der Waals surface area contributed by atoms with Gasteiger partial charge in [-0.25, -0.2) is 0 Å². The lowest BCUT2D eigenvalue weighted by molar-refractivity contribution is -0.145. The second-order valence-electron chi connectivity index (χ2n) is 6.58. The van der Waals surface area contributed by atoms with Crippen LogP contribution in [-0.4, -0.2) is 38.8 Å². The van der Waals surface area contributed by atoms with Crippen molar-refractivity contribution in [1.82, 2.24) is 4.41 Å². The van der Waals surface area contributed by atoms with Crippen LogP contribution in [0.15, 0.2) is 17.4 Å². The molecule has 0 spiro atoms. The summed E-state index contributed by atoms with van der Waals surface area (Å²) < 4.78 is 65.1. The summed E-state index contributed by atoms with van der Waals surface area (Å²) in [5, 5.41) is 3.31. The predicted octanol–water partition coefficient (Wildman–Crippen LogP) is 2.67. The van der Waals surface area contributed by atoms with Crippen molar-refractivity contribution in [3.05, 3.63) is 12.3 Å². The number of carbonyl (C=O) groups is 1. The second kappa shape index (κ2) is 5.93. The molecule has 23 heavy (non-hydrogen) atoms. The van der Waals surface area contributed by atoms with Gasteiger partial charge in [-0.1, -0.05) is 6.08 Å². The summed E-state index contributed by atoms with van der Waals surface area (Å²) >= 11 is 0. The van der Waals surface area contributed by atoms with Gasteiger partial charge in [0.1, 0.15) is 0 Å². The van der Waals surface area contributed by atoms with Crippen LogP contribution in [0.5, 0.6) is 0 Å². The fourth-order valence-corrected chi connectivity index (χ4v) is 3.05. The summed E-state index contributed by atoms with van der Waals surface area (Å²) in [6, 6.07) is 0. The van der Waals surface area contributed by atoms with Crippen molar-refractivity contribution in [3.8, 4) is 0 Å². The van der Waals surface area contributed by atoms with Crippen LogP contribution in [0.3, 0.4) is 0 Å². The number of hydrogen-bond donors (Lipinski definition) is 0. The molecule has 0 fully saturated rings. The first-order valence-electron chi connectivity index (χ1n) is 6.65. The summed E-state index contributed by atoms with van der Waals surface area (Å²) in [4.78, 5) is 12.2. The zero-order valence-corrected chi connectivity index (χ0v) is 15.2. The largest absolute Gasteiger partial charge is 0.519 e. The van der Waals surface area contributed by atoms with Crippen LogP contribution in [0.2, 0.25) is 19.6 Å². The van der Waals surface area contributed by atoms with E-state index in [4.69, 9.17) is 4.43 Å². The molecule has 1 atom stereocenters. The van der Waals surface area contributed by atoms with Gasteiger partial charge in [-0.2, -0.15) is 31.1 Å². The van der Waals surface area contributed by atoms with Crippen molar-refractivity contribution >= 4 is 30.5 Å². The van der Waals surface area contributed by atoms with E-state index >= 15 is 0 Å². The zero-order chi connectivity index (χ0) is 18.3. The molecule has 0 aromatic rings. The molecule has 11 heteroatoms. The lowest BCUT2D eigenvalue weighted by atomic mass is 9.79. The van der Waals surface area contributed by atoms with E-state index in [9.17, 15) is 26.4 Å². The molecule has 0 aromatic heterocycles. The highest BCUT2D eigenvalue weighted by molar-refractivity contribution is 7.90. The molecule has 1 heterocycles. The first kappa shape index (κ1) is 19.7. The molecule has 0 bridgehead atoms. The van der Waals surface area contributed by atoms with Gasteiger partial charge in [-0.05, 0) is 33.5 Å². The summed E-state index contributed by atoms with van der Waals surface area (Å²) in [6.07, 6.45) is 2.87. The Labute approximate surface area is 134 Å². The van der Waals surface area contributed by atoms with Gasteiger partial charge >= 0.3 is 15.5 Å². The van der Waals surface area contributed by atoms with Crippen LogP contribution in [0, 0.1) is 11.3 Å². The van der Waals surface area contributed by atoms with Crippen molar-refractivity contribution in [1.29, 1.82) is 0 Å². The van der Waals surface area contributed by atoms with Gasteiger partial charge in [0.25, 0.3) is 5.97 Å². The van der Waals surface area contributed by atoms with Crippen LogP contribution < -0.4 is 0 Å². The number of rotatable bonds is 4. The van der Waals surface area contributed by atoms with Crippen LogP contribution in [0.25, 0.3) is 0 Å². The highest BCUT2D eigenvalue weighted by Crippen LogP contribution is 2.34. The van der Waals surface area contributed by atoms with E-state index in [1.807, 2.05) is 19.6 Å². The third-order valence-electron chi connectivity index (χ3n) is 3.06. The van der Waals surface area contributed by atoms with E-state index in [0.29, 0.717) is 6.20 Å². The van der Waals surface area contributed by atoms with Crippen molar-refractivity contribution < 1.29 is 30.8 Å². The minimum absolute atomic E-state index is 0.163. The summed E-state index contributed by atoms with van der Waals surface area (Å²) in [6.45, 7) is 8.59. The first-order valence-corrected chi connectivity index (χ1v) is 11.5. The Kier molecular flexibility index (Phi) is 5.07. The quantitative estimate of drug-likeness (QED) is 0.711. The lowest BCUT2D eigenvalue weighted by Gasteiger charge is -2.33. The Morgan fingerprint density at radius 1 is 1.26 bits per heavy atom. The molecule has 0 radical (unpaired) electrons. The molecule has 132 valence electrons. The minimum Gasteiger partial charge on any atom is -0.519 e. The molecule has 1 aliphatic heterocycles. The van der Waals surface area contributed by atoms with E-state index in [0.717, 1.165) is 6.21 Å². The number of sulfonamides is 1. The second-order valence-corrected chi connectivity index (χ2v) is 12.8. The summed E-state index contributed by atoms with van der Waals surface area (Å²) in [7, 11) is -7.71. The molecular formula is C12H19F3N2O4SSi. The third kappa shape index (κ3) is 4.34. The molecule has 0 saturated carbocycles. The van der Waals surface area contributed by atoms with Gasteiger partial charge in [0.2, 0.25) is 8.32 Å². The van der Waals surface area contributed by atoms with Gasteiger partial charge in [-0.15, -0.1) is 0 Å². The molecule has 0 amide bonds. The Balaban J connectivity index is 2.96. The van der Waals surface area contributed by atoms with Gasteiger partial charge in [0.05, 0.1) is 5.41 Å². The van der Waals surface area contributed by atoms with E-state index in [1.54, 1.807) is 13.8 Å². The average molecular weight is 372 g/mol. The van der Waals surface area contributed by atoms with Gasteiger partial charge < -0.3 is 4.43 Å². The Morgan fingerprint density at radius 2 is 1.78 bits per heavy atom. The lowest BCUT2D eigenvalue weighted by Crippen LogP contribution is -2.42. The van der Waals surface area contributed by atoms with Crippen LogP contribution >= 0.6 is 0 Å². The zero-order valence-electron chi connectivity index (χ0n) is 13.4. The summed E-state index contributed by atoms with van der Waals surface area (Å²) in [5.41, 5.74) is -6.54. The number of hydrogen-bond acceptors (Lipinski definition) is 5. The fraction of sp³-hybridized carbons (Fsp3) is 0.667. The van der Waals surface area contributed by atoms with Crippen molar-refractivity contribution in [2.45, 2.75) is 39.0 Å². The first-order chi connectivity index (χ1) is 10.1. The summed E-state index contributed by atoms with van der Waals surface area (Å²) in [5.74, 6) is -1.20. The molecule has 1 unspecified atom stereocenters. The molecule has 1 aliphatic rings. The molecule has 6 nitrogen and oxygen atoms in total.